The number of nitrogens with two attached hydrogens (primary N) is 1. The van der Waals surface area contributed by atoms with Gasteiger partial charge in [-0.25, -0.2) is 0 Å². The number of benzene rings is 1. The first kappa shape index (κ1) is 13.7. The molecule has 1 aromatic heterocycles. The normalized spacial score (nSPS) is 12.2. The molecule has 0 radical (unpaired) electrons. The number of ether oxygens (including phenoxy) is 1. The molecule has 0 aliphatic rings. The minimum atomic E-state index is 0.337. The lowest BCUT2D eigenvalue weighted by molar-refractivity contribution is 0.465. The van der Waals surface area contributed by atoms with Crippen LogP contribution in [0.2, 0.25) is 5.15 Å². The van der Waals surface area contributed by atoms with E-state index in [2.05, 4.69) is 31.0 Å². The van der Waals surface area contributed by atoms with E-state index in [1.807, 2.05) is 12.1 Å². The molecular weight excluding hydrogens is 260 g/mol. The Labute approximate surface area is 118 Å². The highest BCUT2D eigenvalue weighted by Gasteiger charge is 2.06. The second-order valence-electron chi connectivity index (χ2n) is 4.51. The SMILES string of the molecule is CCC(C)c1ccc(Oc2nc(Cl)ccc2N)cc1. The molecule has 0 saturated carbocycles. The molecule has 1 aromatic carbocycles. The molecule has 0 aliphatic heterocycles. The van der Waals surface area contributed by atoms with E-state index < -0.39 is 0 Å². The molecule has 0 saturated heterocycles. The van der Waals surface area contributed by atoms with Crippen LogP contribution in [-0.2, 0) is 0 Å². The van der Waals surface area contributed by atoms with Crippen molar-refractivity contribution in [2.75, 3.05) is 5.73 Å². The number of nitrogen functional groups attached to an aromatic ring is 1. The second kappa shape index (κ2) is 5.93. The molecule has 1 atom stereocenters. The fourth-order valence-electron chi connectivity index (χ4n) is 1.72. The lowest BCUT2D eigenvalue weighted by atomic mass is 9.99. The van der Waals surface area contributed by atoms with Gasteiger partial charge in [0.15, 0.2) is 0 Å². The summed E-state index contributed by atoms with van der Waals surface area (Å²) in [5.74, 6) is 1.58. The maximum absolute atomic E-state index is 5.82. The van der Waals surface area contributed by atoms with Crippen molar-refractivity contribution in [3.05, 3.63) is 47.1 Å². The van der Waals surface area contributed by atoms with E-state index in [-0.39, 0.29) is 0 Å². The summed E-state index contributed by atoms with van der Waals surface area (Å²) < 4.78 is 5.64. The van der Waals surface area contributed by atoms with Gasteiger partial charge < -0.3 is 10.5 Å². The molecule has 4 heteroatoms. The third-order valence-electron chi connectivity index (χ3n) is 3.13. The second-order valence-corrected chi connectivity index (χ2v) is 4.90. The highest BCUT2D eigenvalue weighted by atomic mass is 35.5. The van der Waals surface area contributed by atoms with Gasteiger partial charge in [-0.05, 0) is 42.2 Å². The fourth-order valence-corrected chi connectivity index (χ4v) is 1.86. The Morgan fingerprint density at radius 1 is 1.21 bits per heavy atom. The first-order valence-corrected chi connectivity index (χ1v) is 6.67. The van der Waals surface area contributed by atoms with Gasteiger partial charge >= 0.3 is 0 Å². The predicted molar refractivity (Wildman–Crippen MR) is 78.9 cm³/mol. The summed E-state index contributed by atoms with van der Waals surface area (Å²) in [6.07, 6.45) is 1.11. The summed E-state index contributed by atoms with van der Waals surface area (Å²) in [6, 6.07) is 11.3. The van der Waals surface area contributed by atoms with Crippen molar-refractivity contribution in [2.24, 2.45) is 0 Å². The summed E-state index contributed by atoms with van der Waals surface area (Å²) >= 11 is 5.82. The van der Waals surface area contributed by atoms with Crippen molar-refractivity contribution >= 4 is 17.3 Å². The Morgan fingerprint density at radius 3 is 2.53 bits per heavy atom. The maximum atomic E-state index is 5.82. The molecule has 1 unspecified atom stereocenters. The minimum absolute atomic E-state index is 0.337. The zero-order valence-electron chi connectivity index (χ0n) is 11.1. The monoisotopic (exact) mass is 276 g/mol. The van der Waals surface area contributed by atoms with Crippen molar-refractivity contribution in [3.63, 3.8) is 0 Å². The largest absolute Gasteiger partial charge is 0.437 e. The molecule has 3 nitrogen and oxygen atoms in total. The lowest BCUT2D eigenvalue weighted by Gasteiger charge is -2.11. The molecule has 0 bridgehead atoms. The van der Waals surface area contributed by atoms with Crippen LogP contribution in [0.5, 0.6) is 11.6 Å². The highest BCUT2D eigenvalue weighted by Crippen LogP contribution is 2.28. The van der Waals surface area contributed by atoms with Crippen LogP contribution in [0.15, 0.2) is 36.4 Å². The number of nitrogens with zero attached hydrogens (tertiary/aromatic N) is 1. The number of hydrogen-bond acceptors (Lipinski definition) is 3. The smallest absolute Gasteiger partial charge is 0.244 e. The van der Waals surface area contributed by atoms with Gasteiger partial charge in [0.1, 0.15) is 10.9 Å². The number of aromatic nitrogens is 1. The zero-order chi connectivity index (χ0) is 13.8. The van der Waals surface area contributed by atoms with E-state index in [4.69, 9.17) is 22.1 Å². The molecule has 0 aliphatic carbocycles. The predicted octanol–water partition coefficient (Wildman–Crippen LogP) is 4.62. The van der Waals surface area contributed by atoms with Gasteiger partial charge in [-0.3, -0.25) is 0 Å². The highest BCUT2D eigenvalue weighted by molar-refractivity contribution is 6.29. The molecular formula is C15H17ClN2O. The third kappa shape index (κ3) is 3.38. The average molecular weight is 277 g/mol. The van der Waals surface area contributed by atoms with Crippen LogP contribution in [0.25, 0.3) is 0 Å². The molecule has 2 rings (SSSR count). The topological polar surface area (TPSA) is 48.1 Å². The van der Waals surface area contributed by atoms with Crippen molar-refractivity contribution in [3.8, 4) is 11.6 Å². The Hall–Kier alpha value is -1.74. The molecule has 1 heterocycles. The van der Waals surface area contributed by atoms with Gasteiger partial charge in [0.05, 0.1) is 5.69 Å². The first-order chi connectivity index (χ1) is 9.10. The summed E-state index contributed by atoms with van der Waals surface area (Å²) in [5.41, 5.74) is 7.55. The van der Waals surface area contributed by atoms with Crippen LogP contribution < -0.4 is 10.5 Å². The van der Waals surface area contributed by atoms with Crippen LogP contribution in [0.1, 0.15) is 31.7 Å². The van der Waals surface area contributed by atoms with Crippen LogP contribution in [-0.4, -0.2) is 4.98 Å². The zero-order valence-corrected chi connectivity index (χ0v) is 11.8. The number of anilines is 1. The van der Waals surface area contributed by atoms with E-state index >= 15 is 0 Å². The number of rotatable bonds is 4. The molecule has 0 amide bonds. The maximum Gasteiger partial charge on any atom is 0.244 e. The van der Waals surface area contributed by atoms with Crippen LogP contribution in [0.3, 0.4) is 0 Å². The van der Waals surface area contributed by atoms with Crippen LogP contribution in [0.4, 0.5) is 5.69 Å². The van der Waals surface area contributed by atoms with Gasteiger partial charge in [0.25, 0.3) is 0 Å². The molecule has 0 spiro atoms. The lowest BCUT2D eigenvalue weighted by Crippen LogP contribution is -1.96. The molecule has 19 heavy (non-hydrogen) atoms. The van der Waals surface area contributed by atoms with Crippen molar-refractivity contribution in [1.29, 1.82) is 0 Å². The molecule has 2 aromatic rings. The van der Waals surface area contributed by atoms with E-state index in [0.29, 0.717) is 28.4 Å². The number of hydrogen-bond donors (Lipinski definition) is 1. The Morgan fingerprint density at radius 2 is 1.89 bits per heavy atom. The molecule has 0 fully saturated rings. The van der Waals surface area contributed by atoms with Crippen LogP contribution in [0, 0.1) is 0 Å². The van der Waals surface area contributed by atoms with Crippen molar-refractivity contribution in [1.82, 2.24) is 4.98 Å². The quantitative estimate of drug-likeness (QED) is 0.829. The van der Waals surface area contributed by atoms with E-state index in [9.17, 15) is 0 Å². The van der Waals surface area contributed by atoms with Gasteiger partial charge in [0.2, 0.25) is 5.88 Å². The van der Waals surface area contributed by atoms with Gasteiger partial charge in [-0.1, -0.05) is 37.6 Å². The van der Waals surface area contributed by atoms with E-state index in [1.54, 1.807) is 12.1 Å². The first-order valence-electron chi connectivity index (χ1n) is 6.30. The van der Waals surface area contributed by atoms with Gasteiger partial charge in [0, 0.05) is 0 Å². The summed E-state index contributed by atoms with van der Waals surface area (Å²) in [7, 11) is 0. The molecule has 100 valence electrons. The third-order valence-corrected chi connectivity index (χ3v) is 3.34. The summed E-state index contributed by atoms with van der Waals surface area (Å²) in [5, 5.41) is 0.362. The van der Waals surface area contributed by atoms with Gasteiger partial charge in [-0.2, -0.15) is 4.98 Å². The molecule has 2 N–H and O–H groups in total. The van der Waals surface area contributed by atoms with Crippen LogP contribution >= 0.6 is 11.6 Å². The van der Waals surface area contributed by atoms with E-state index in [0.717, 1.165) is 6.42 Å². The number of pyridine rings is 1. The minimum Gasteiger partial charge on any atom is -0.437 e. The fraction of sp³-hybridized carbons (Fsp3) is 0.267. The Balaban J connectivity index is 2.17. The van der Waals surface area contributed by atoms with Crippen molar-refractivity contribution in [2.45, 2.75) is 26.2 Å². The Kier molecular flexibility index (Phi) is 4.27. The summed E-state index contributed by atoms with van der Waals surface area (Å²) in [6.45, 7) is 4.37. The van der Waals surface area contributed by atoms with E-state index in [1.165, 1.54) is 5.56 Å². The standard InChI is InChI=1S/C15H17ClN2O/c1-3-10(2)11-4-6-12(7-5-11)19-15-13(17)8-9-14(16)18-15/h4-10H,3,17H2,1-2H3. The van der Waals surface area contributed by atoms with Crippen molar-refractivity contribution < 1.29 is 4.74 Å². The average Bonchev–Trinajstić information content (AvgIpc) is 2.43. The Bertz CT molecular complexity index is 555. The number of halogens is 1. The summed E-state index contributed by atoms with van der Waals surface area (Å²) in [4.78, 5) is 4.06. The van der Waals surface area contributed by atoms with Gasteiger partial charge in [-0.15, -0.1) is 0 Å².